The Morgan fingerprint density at radius 3 is 2.52 bits per heavy atom. The van der Waals surface area contributed by atoms with Crippen LogP contribution in [-0.2, 0) is 11.0 Å². The van der Waals surface area contributed by atoms with Gasteiger partial charge in [-0.3, -0.25) is 14.9 Å². The van der Waals surface area contributed by atoms with Gasteiger partial charge in [0.15, 0.2) is 0 Å². The molecule has 0 spiro atoms. The summed E-state index contributed by atoms with van der Waals surface area (Å²) in [6, 6.07) is 6.65. The minimum atomic E-state index is -4.70. The van der Waals surface area contributed by atoms with E-state index in [1.54, 1.807) is 0 Å². The van der Waals surface area contributed by atoms with E-state index in [9.17, 15) is 28.1 Å². The summed E-state index contributed by atoms with van der Waals surface area (Å²) in [4.78, 5) is 22.2. The van der Waals surface area contributed by atoms with E-state index >= 15 is 0 Å². The van der Waals surface area contributed by atoms with Gasteiger partial charge < -0.3 is 15.4 Å². The molecular weight excluding hydrogens is 391 g/mol. The Morgan fingerprint density at radius 2 is 1.93 bits per heavy atom. The van der Waals surface area contributed by atoms with E-state index in [0.29, 0.717) is 6.07 Å². The van der Waals surface area contributed by atoms with Crippen LogP contribution in [-0.4, -0.2) is 24.5 Å². The zero-order chi connectivity index (χ0) is 20.2. The third-order valence-corrected chi connectivity index (χ3v) is 3.63. The minimum Gasteiger partial charge on any atom is -0.495 e. The van der Waals surface area contributed by atoms with Crippen LogP contribution < -0.4 is 15.4 Å². The summed E-state index contributed by atoms with van der Waals surface area (Å²) < 4.78 is 44.2. The Kier molecular flexibility index (Phi) is 6.11. The molecule has 1 amide bonds. The van der Waals surface area contributed by atoms with Crippen LogP contribution in [0.5, 0.6) is 5.75 Å². The molecule has 0 heterocycles. The second-order valence-electron chi connectivity index (χ2n) is 5.23. The van der Waals surface area contributed by atoms with Crippen LogP contribution in [0.25, 0.3) is 0 Å². The number of alkyl halides is 3. The second-order valence-corrected chi connectivity index (χ2v) is 5.67. The number of nitrogens with one attached hydrogen (secondary N) is 2. The molecule has 0 radical (unpaired) electrons. The number of hydrogen-bond acceptors (Lipinski definition) is 5. The number of carbonyl (C=O) groups is 1. The molecule has 0 aliphatic heterocycles. The van der Waals surface area contributed by atoms with Gasteiger partial charge in [-0.1, -0.05) is 11.6 Å². The van der Waals surface area contributed by atoms with Crippen molar-refractivity contribution in [3.05, 3.63) is 57.1 Å². The van der Waals surface area contributed by atoms with Crippen molar-refractivity contribution in [1.29, 1.82) is 0 Å². The average molecular weight is 404 g/mol. The molecular formula is C16H13ClF3N3O4. The van der Waals surface area contributed by atoms with E-state index in [-0.39, 0.29) is 22.1 Å². The predicted molar refractivity (Wildman–Crippen MR) is 93.2 cm³/mol. The van der Waals surface area contributed by atoms with Crippen molar-refractivity contribution in [1.82, 2.24) is 0 Å². The van der Waals surface area contributed by atoms with Crippen LogP contribution in [0.2, 0.25) is 5.02 Å². The standard InChI is InChI=1S/C16H13ClF3N3O4/c1-27-14-5-3-10(23(25)26)7-13(14)21-8-15(24)22-12-4-2-9(17)6-11(12)16(18,19)20/h2-7,21H,8H2,1H3,(H,22,24). The Labute approximate surface area is 156 Å². The van der Waals surface area contributed by atoms with Gasteiger partial charge in [0.1, 0.15) is 5.75 Å². The Bertz CT molecular complexity index is 874. The summed E-state index contributed by atoms with van der Waals surface area (Å²) in [7, 11) is 1.33. The Hall–Kier alpha value is -3.01. The van der Waals surface area contributed by atoms with Gasteiger partial charge in [0.2, 0.25) is 5.91 Å². The van der Waals surface area contributed by atoms with Crippen LogP contribution in [0.15, 0.2) is 36.4 Å². The molecule has 2 aromatic rings. The molecule has 0 aliphatic rings. The van der Waals surface area contributed by atoms with E-state index in [4.69, 9.17) is 16.3 Å². The maximum atomic E-state index is 13.0. The maximum absolute atomic E-state index is 13.0. The molecule has 2 N–H and O–H groups in total. The van der Waals surface area contributed by atoms with Gasteiger partial charge in [0.05, 0.1) is 35.5 Å². The summed E-state index contributed by atoms with van der Waals surface area (Å²) >= 11 is 5.58. The number of ether oxygens (including phenoxy) is 1. The quantitative estimate of drug-likeness (QED) is 0.553. The largest absolute Gasteiger partial charge is 0.495 e. The highest BCUT2D eigenvalue weighted by Crippen LogP contribution is 2.36. The van der Waals surface area contributed by atoms with Gasteiger partial charge in [0.25, 0.3) is 5.69 Å². The molecule has 7 nitrogen and oxygen atoms in total. The monoisotopic (exact) mass is 403 g/mol. The highest BCUT2D eigenvalue weighted by atomic mass is 35.5. The summed E-state index contributed by atoms with van der Waals surface area (Å²) in [6.45, 7) is -0.447. The number of anilines is 2. The molecule has 2 rings (SSSR count). The van der Waals surface area contributed by atoms with E-state index in [1.165, 1.54) is 25.3 Å². The summed E-state index contributed by atoms with van der Waals surface area (Å²) in [5.74, 6) is -0.563. The van der Waals surface area contributed by atoms with Crippen LogP contribution in [0, 0.1) is 10.1 Å². The third-order valence-electron chi connectivity index (χ3n) is 3.39. The highest BCUT2D eigenvalue weighted by Gasteiger charge is 2.34. The predicted octanol–water partition coefficient (Wildman–Crippen LogP) is 4.33. The van der Waals surface area contributed by atoms with Crippen molar-refractivity contribution in [2.75, 3.05) is 24.3 Å². The van der Waals surface area contributed by atoms with Crippen molar-refractivity contribution in [2.24, 2.45) is 0 Å². The molecule has 0 atom stereocenters. The van der Waals surface area contributed by atoms with E-state index in [0.717, 1.165) is 12.1 Å². The molecule has 27 heavy (non-hydrogen) atoms. The summed E-state index contributed by atoms with van der Waals surface area (Å²) in [5, 5.41) is 15.4. The minimum absolute atomic E-state index is 0.125. The van der Waals surface area contributed by atoms with Crippen molar-refractivity contribution in [2.45, 2.75) is 6.18 Å². The Morgan fingerprint density at radius 1 is 1.22 bits per heavy atom. The molecule has 0 aliphatic carbocycles. The van der Waals surface area contributed by atoms with Gasteiger partial charge in [-0.2, -0.15) is 13.2 Å². The van der Waals surface area contributed by atoms with Gasteiger partial charge in [-0.05, 0) is 24.3 Å². The number of nitro benzene ring substituents is 1. The summed E-state index contributed by atoms with van der Waals surface area (Å²) in [6.07, 6.45) is -4.70. The second kappa shape index (κ2) is 8.12. The van der Waals surface area contributed by atoms with Crippen LogP contribution in [0.3, 0.4) is 0 Å². The van der Waals surface area contributed by atoms with Crippen molar-refractivity contribution in [3.8, 4) is 5.75 Å². The lowest BCUT2D eigenvalue weighted by molar-refractivity contribution is -0.384. The van der Waals surface area contributed by atoms with Crippen LogP contribution in [0.1, 0.15) is 5.56 Å². The maximum Gasteiger partial charge on any atom is 0.418 e. The number of rotatable bonds is 6. The lowest BCUT2D eigenvalue weighted by atomic mass is 10.1. The first-order valence-corrected chi connectivity index (χ1v) is 7.72. The molecule has 0 aromatic heterocycles. The zero-order valence-electron chi connectivity index (χ0n) is 13.8. The summed E-state index contributed by atoms with van der Waals surface area (Å²) in [5.41, 5.74) is -1.63. The smallest absolute Gasteiger partial charge is 0.418 e. The first-order valence-electron chi connectivity index (χ1n) is 7.34. The number of benzene rings is 2. The fraction of sp³-hybridized carbons (Fsp3) is 0.188. The normalized spacial score (nSPS) is 11.0. The zero-order valence-corrected chi connectivity index (χ0v) is 14.5. The third kappa shape index (κ3) is 5.23. The topological polar surface area (TPSA) is 93.5 Å². The van der Waals surface area contributed by atoms with Gasteiger partial charge in [-0.15, -0.1) is 0 Å². The molecule has 0 saturated heterocycles. The number of halogens is 4. The number of hydrogen-bond donors (Lipinski definition) is 2. The molecule has 0 fully saturated rings. The average Bonchev–Trinajstić information content (AvgIpc) is 2.60. The first kappa shape index (κ1) is 20.3. The molecule has 0 bridgehead atoms. The van der Waals surface area contributed by atoms with Gasteiger partial charge in [-0.25, -0.2) is 0 Å². The fourth-order valence-electron chi connectivity index (χ4n) is 2.18. The molecule has 2 aromatic carbocycles. The number of amides is 1. The van der Waals surface area contributed by atoms with Gasteiger partial charge in [0, 0.05) is 17.2 Å². The van der Waals surface area contributed by atoms with Crippen LogP contribution in [0.4, 0.5) is 30.2 Å². The van der Waals surface area contributed by atoms with Gasteiger partial charge >= 0.3 is 6.18 Å². The van der Waals surface area contributed by atoms with Crippen LogP contribution >= 0.6 is 11.6 Å². The lowest BCUT2D eigenvalue weighted by Crippen LogP contribution is -2.23. The van der Waals surface area contributed by atoms with Crippen molar-refractivity contribution < 1.29 is 27.6 Å². The number of nitro groups is 1. The highest BCUT2D eigenvalue weighted by molar-refractivity contribution is 6.30. The first-order chi connectivity index (χ1) is 12.6. The number of carbonyl (C=O) groups excluding carboxylic acids is 1. The lowest BCUT2D eigenvalue weighted by Gasteiger charge is -2.15. The fourth-order valence-corrected chi connectivity index (χ4v) is 2.35. The van der Waals surface area contributed by atoms with E-state index in [1.807, 2.05) is 0 Å². The SMILES string of the molecule is COc1ccc([N+](=O)[O-])cc1NCC(=O)Nc1ccc(Cl)cc1C(F)(F)F. The molecule has 0 saturated carbocycles. The van der Waals surface area contributed by atoms with Crippen molar-refractivity contribution in [3.63, 3.8) is 0 Å². The van der Waals surface area contributed by atoms with Crippen molar-refractivity contribution >= 4 is 34.6 Å². The molecule has 11 heteroatoms. The Balaban J connectivity index is 2.14. The van der Waals surface area contributed by atoms with E-state index in [2.05, 4.69) is 10.6 Å². The number of methoxy groups -OCH3 is 1. The molecule has 144 valence electrons. The number of nitrogens with zero attached hydrogens (tertiary/aromatic N) is 1. The van der Waals surface area contributed by atoms with E-state index < -0.39 is 34.8 Å². The number of non-ortho nitro benzene ring substituents is 1. The molecule has 0 unspecified atom stereocenters.